The second-order valence-corrected chi connectivity index (χ2v) is 16.5. The highest BCUT2D eigenvalue weighted by Gasteiger charge is 2.51. The fraction of sp³-hybridized carbons (Fsp3) is 0.0545. The van der Waals surface area contributed by atoms with Crippen molar-refractivity contribution < 1.29 is 0 Å². The smallest absolute Gasteiger partial charge is 0.0729 e. The molecule has 1 unspecified atom stereocenters. The van der Waals surface area contributed by atoms with E-state index in [4.69, 9.17) is 0 Å². The first-order valence-electron chi connectivity index (χ1n) is 20.0. The Labute approximate surface area is 336 Å². The molecular formula is C55H37NS. The number of hydrogen-bond donors (Lipinski definition) is 0. The lowest BCUT2D eigenvalue weighted by Gasteiger charge is -2.41. The van der Waals surface area contributed by atoms with E-state index in [2.05, 4.69) is 206 Å². The first-order valence-corrected chi connectivity index (χ1v) is 20.8. The molecule has 0 aliphatic heterocycles. The Morgan fingerprint density at radius 3 is 1.86 bits per heavy atom. The number of benzene rings is 9. The van der Waals surface area contributed by atoms with Crippen molar-refractivity contribution >= 4 is 59.3 Å². The lowest BCUT2D eigenvalue weighted by atomic mass is 9.60. The van der Waals surface area contributed by atoms with Crippen LogP contribution in [-0.4, -0.2) is 0 Å². The molecule has 9 aromatic carbocycles. The highest BCUT2D eigenvalue weighted by atomic mass is 32.1. The number of rotatable bonds is 5. The molecule has 2 aliphatic rings. The summed E-state index contributed by atoms with van der Waals surface area (Å²) in [7, 11) is 0. The van der Waals surface area contributed by atoms with Gasteiger partial charge in [-0.1, -0.05) is 159 Å². The number of thiophene rings is 1. The molecule has 1 aromatic heterocycles. The van der Waals surface area contributed by atoms with Crippen molar-refractivity contribution in [3.63, 3.8) is 0 Å². The Balaban J connectivity index is 1.15. The van der Waals surface area contributed by atoms with Gasteiger partial charge in [0.15, 0.2) is 0 Å². The second kappa shape index (κ2) is 12.4. The van der Waals surface area contributed by atoms with Crippen LogP contribution in [0, 0.1) is 0 Å². The van der Waals surface area contributed by atoms with Gasteiger partial charge in [-0.15, -0.1) is 11.3 Å². The molecule has 0 fully saturated rings. The van der Waals surface area contributed by atoms with Crippen molar-refractivity contribution in [2.75, 3.05) is 4.90 Å². The Bertz CT molecular complexity index is 3230. The fourth-order valence-electron chi connectivity index (χ4n) is 10.2. The van der Waals surface area contributed by atoms with Gasteiger partial charge in [-0.3, -0.25) is 0 Å². The third-order valence-electron chi connectivity index (χ3n) is 12.6. The van der Waals surface area contributed by atoms with Gasteiger partial charge in [-0.25, -0.2) is 0 Å². The van der Waals surface area contributed by atoms with Crippen molar-refractivity contribution in [2.24, 2.45) is 0 Å². The minimum Gasteiger partial charge on any atom is -0.310 e. The van der Waals surface area contributed by atoms with Crippen LogP contribution < -0.4 is 4.90 Å². The first kappa shape index (κ1) is 32.5. The van der Waals surface area contributed by atoms with Crippen LogP contribution >= 0.6 is 11.3 Å². The predicted octanol–water partition coefficient (Wildman–Crippen LogP) is 15.3. The number of hydrogen-bond acceptors (Lipinski definition) is 2. The summed E-state index contributed by atoms with van der Waals surface area (Å²) < 4.78 is 2.61. The molecule has 2 heteroatoms. The summed E-state index contributed by atoms with van der Waals surface area (Å²) in [5.74, 6) is 0. The summed E-state index contributed by atoms with van der Waals surface area (Å²) in [5, 5.41) is 5.30. The molecule has 0 saturated heterocycles. The zero-order chi connectivity index (χ0) is 37.7. The van der Waals surface area contributed by atoms with Crippen LogP contribution in [-0.2, 0) is 11.8 Å². The highest BCUT2D eigenvalue weighted by Crippen LogP contribution is 2.63. The van der Waals surface area contributed by atoms with Crippen LogP contribution in [0.4, 0.5) is 17.1 Å². The molecule has 1 atom stereocenters. The fourth-order valence-corrected chi connectivity index (χ4v) is 11.4. The molecule has 0 amide bonds. The maximum Gasteiger partial charge on any atom is 0.0729 e. The topological polar surface area (TPSA) is 3.24 Å². The van der Waals surface area contributed by atoms with Gasteiger partial charge < -0.3 is 4.90 Å². The van der Waals surface area contributed by atoms with Crippen LogP contribution in [0.25, 0.3) is 64.3 Å². The minimum atomic E-state index is -0.490. The summed E-state index contributed by atoms with van der Waals surface area (Å²) in [4.78, 5) is 2.47. The maximum atomic E-state index is 2.53. The van der Waals surface area contributed by atoms with E-state index in [1.165, 1.54) is 92.1 Å². The van der Waals surface area contributed by atoms with E-state index in [-0.39, 0.29) is 0 Å². The van der Waals surface area contributed by atoms with Crippen molar-refractivity contribution in [1.29, 1.82) is 0 Å². The van der Waals surface area contributed by atoms with E-state index in [1.807, 2.05) is 11.3 Å². The Hall–Kier alpha value is -6.74. The lowest BCUT2D eigenvalue weighted by Crippen LogP contribution is -2.33. The molecule has 2 aliphatic carbocycles. The van der Waals surface area contributed by atoms with Gasteiger partial charge in [0.05, 0.1) is 5.41 Å². The summed E-state index contributed by atoms with van der Waals surface area (Å²) in [6, 6.07) is 72.8. The molecule has 10 aromatic rings. The molecule has 12 rings (SSSR count). The number of anilines is 3. The average Bonchev–Trinajstić information content (AvgIpc) is 3.79. The van der Waals surface area contributed by atoms with Crippen molar-refractivity contribution in [1.82, 2.24) is 0 Å². The van der Waals surface area contributed by atoms with Crippen molar-refractivity contribution in [3.05, 3.63) is 222 Å². The molecule has 0 bridgehead atoms. The number of aryl methyl sites for hydroxylation is 1. The molecule has 268 valence electrons. The van der Waals surface area contributed by atoms with Gasteiger partial charge in [0.1, 0.15) is 0 Å². The van der Waals surface area contributed by atoms with E-state index in [0.29, 0.717) is 0 Å². The molecule has 1 heterocycles. The standard InChI is InChI=1S/C55H37NS/c1-2-35-23-24-38-15-12-19-47-43-17-7-10-21-49(43)55(54(35)53(38)47)48-20-9-6-16-42(48)44-31-29-40(33-50(44)55)56(39-27-25-37(26-28-39)36-13-4-3-5-14-36)41-30-32-46-45-18-8-11-22-51(45)57-52(46)34-41/h3-34H,2H2,1H3. The lowest BCUT2D eigenvalue weighted by molar-refractivity contribution is 0.759. The SMILES string of the molecule is CCc1ccc2cccc3c2c1C1(c2ccccc2-c2ccc(N(c4ccc(-c5ccccc5)cc4)c4ccc5c(c4)sc4ccccc45)cc21)c1ccccc1-3. The maximum absolute atomic E-state index is 2.53. The third kappa shape index (κ3) is 4.56. The molecule has 0 N–H and O–H groups in total. The monoisotopic (exact) mass is 743 g/mol. The first-order chi connectivity index (χ1) is 28.2. The van der Waals surface area contributed by atoms with Crippen molar-refractivity contribution in [3.8, 4) is 33.4 Å². The van der Waals surface area contributed by atoms with E-state index in [0.717, 1.165) is 23.5 Å². The van der Waals surface area contributed by atoms with Gasteiger partial charge in [0, 0.05) is 37.2 Å². The van der Waals surface area contributed by atoms with Crippen LogP contribution in [0.1, 0.15) is 34.7 Å². The van der Waals surface area contributed by atoms with Crippen LogP contribution in [0.3, 0.4) is 0 Å². The molecular weight excluding hydrogens is 707 g/mol. The number of nitrogens with zero attached hydrogens (tertiary/aromatic N) is 1. The van der Waals surface area contributed by atoms with Crippen LogP contribution in [0.15, 0.2) is 194 Å². The van der Waals surface area contributed by atoms with Gasteiger partial charge >= 0.3 is 0 Å². The minimum absolute atomic E-state index is 0.490. The largest absolute Gasteiger partial charge is 0.310 e. The Morgan fingerprint density at radius 2 is 1.05 bits per heavy atom. The third-order valence-corrected chi connectivity index (χ3v) is 13.8. The van der Waals surface area contributed by atoms with Crippen LogP contribution in [0.2, 0.25) is 0 Å². The molecule has 57 heavy (non-hydrogen) atoms. The van der Waals surface area contributed by atoms with Crippen LogP contribution in [0.5, 0.6) is 0 Å². The van der Waals surface area contributed by atoms with Gasteiger partial charge in [-0.2, -0.15) is 0 Å². The second-order valence-electron chi connectivity index (χ2n) is 15.5. The van der Waals surface area contributed by atoms with E-state index < -0.39 is 5.41 Å². The molecule has 0 radical (unpaired) electrons. The Kier molecular flexibility index (Phi) is 7.06. The zero-order valence-corrected chi connectivity index (χ0v) is 32.4. The van der Waals surface area contributed by atoms with E-state index in [1.54, 1.807) is 0 Å². The molecule has 0 saturated carbocycles. The Morgan fingerprint density at radius 1 is 0.439 bits per heavy atom. The quantitative estimate of drug-likeness (QED) is 0.170. The van der Waals surface area contributed by atoms with Gasteiger partial charge in [-0.05, 0) is 121 Å². The molecule has 1 spiro atoms. The number of fused-ring (bicyclic) bond motifs is 12. The highest BCUT2D eigenvalue weighted by molar-refractivity contribution is 7.25. The van der Waals surface area contributed by atoms with Gasteiger partial charge in [0.2, 0.25) is 0 Å². The zero-order valence-electron chi connectivity index (χ0n) is 31.5. The van der Waals surface area contributed by atoms with E-state index in [9.17, 15) is 0 Å². The summed E-state index contributed by atoms with van der Waals surface area (Å²) >= 11 is 1.87. The summed E-state index contributed by atoms with van der Waals surface area (Å²) in [6.07, 6.45) is 0.954. The van der Waals surface area contributed by atoms with E-state index >= 15 is 0 Å². The summed E-state index contributed by atoms with van der Waals surface area (Å²) in [5.41, 5.74) is 17.6. The molecule has 1 nitrogen and oxygen atoms in total. The van der Waals surface area contributed by atoms with Crippen molar-refractivity contribution in [2.45, 2.75) is 18.8 Å². The summed E-state index contributed by atoms with van der Waals surface area (Å²) in [6.45, 7) is 2.32. The normalized spacial score (nSPS) is 14.9. The van der Waals surface area contributed by atoms with Gasteiger partial charge in [0.25, 0.3) is 0 Å². The average molecular weight is 744 g/mol. The predicted molar refractivity (Wildman–Crippen MR) is 243 cm³/mol.